The molecule has 1 aliphatic rings. The number of ether oxygens (including phenoxy) is 1. The highest BCUT2D eigenvalue weighted by Gasteiger charge is 2.31. The Morgan fingerprint density at radius 3 is 2.43 bits per heavy atom. The molecule has 1 N–H and O–H groups in total. The molecule has 0 saturated heterocycles. The zero-order chi connectivity index (χ0) is 20.1. The van der Waals surface area contributed by atoms with Gasteiger partial charge in [-0.15, -0.1) is 0 Å². The van der Waals surface area contributed by atoms with Gasteiger partial charge in [0.05, 0.1) is 25.1 Å². The van der Waals surface area contributed by atoms with Gasteiger partial charge < -0.3 is 19.1 Å². The molecular formula is C21H24NO5P. The van der Waals surface area contributed by atoms with Gasteiger partial charge in [0.2, 0.25) is 0 Å². The Morgan fingerprint density at radius 1 is 1.00 bits per heavy atom. The number of hydrogen-bond donors (Lipinski definition) is 1. The number of benzene rings is 2. The van der Waals surface area contributed by atoms with Crippen molar-refractivity contribution in [3.05, 3.63) is 53.6 Å². The van der Waals surface area contributed by atoms with Crippen LogP contribution in [0.4, 0.5) is 5.69 Å². The molecule has 1 aliphatic heterocycles. The van der Waals surface area contributed by atoms with Crippen LogP contribution in [0.1, 0.15) is 31.9 Å². The van der Waals surface area contributed by atoms with Crippen LogP contribution < -0.4 is 15.4 Å². The van der Waals surface area contributed by atoms with Gasteiger partial charge >= 0.3 is 7.60 Å². The predicted octanol–water partition coefficient (Wildman–Crippen LogP) is 4.47. The summed E-state index contributed by atoms with van der Waals surface area (Å²) in [6.07, 6.45) is 1.79. The number of amides is 1. The summed E-state index contributed by atoms with van der Waals surface area (Å²) in [5.74, 6) is 0.526. The third-order valence-corrected chi connectivity index (χ3v) is 6.29. The Morgan fingerprint density at radius 2 is 1.75 bits per heavy atom. The van der Waals surface area contributed by atoms with E-state index >= 15 is 0 Å². The molecule has 6 nitrogen and oxygen atoms in total. The molecule has 2 aromatic rings. The fraction of sp³-hybridized carbons (Fsp3) is 0.286. The molecule has 0 fully saturated rings. The lowest BCUT2D eigenvalue weighted by molar-refractivity contribution is -0.110. The van der Waals surface area contributed by atoms with Crippen LogP contribution in [0, 0.1) is 0 Å². The molecule has 0 saturated carbocycles. The monoisotopic (exact) mass is 401 g/mol. The van der Waals surface area contributed by atoms with Gasteiger partial charge in [0.25, 0.3) is 5.91 Å². The van der Waals surface area contributed by atoms with Crippen LogP contribution in [-0.4, -0.2) is 25.7 Å². The second-order valence-electron chi connectivity index (χ2n) is 6.08. The summed E-state index contributed by atoms with van der Waals surface area (Å²) >= 11 is 0. The first-order chi connectivity index (χ1) is 13.5. The third kappa shape index (κ3) is 4.20. The number of fused-ring (bicyclic) bond motifs is 1. The van der Waals surface area contributed by atoms with Gasteiger partial charge in [-0.2, -0.15) is 0 Å². The van der Waals surface area contributed by atoms with E-state index in [9.17, 15) is 9.36 Å². The molecule has 148 valence electrons. The zero-order valence-electron chi connectivity index (χ0n) is 16.2. The van der Waals surface area contributed by atoms with E-state index in [0.29, 0.717) is 28.7 Å². The molecule has 0 aliphatic carbocycles. The van der Waals surface area contributed by atoms with Crippen molar-refractivity contribution >= 4 is 36.1 Å². The minimum absolute atomic E-state index is 0.211. The number of anilines is 1. The molecule has 2 aromatic carbocycles. The molecule has 0 unspecified atom stereocenters. The minimum Gasteiger partial charge on any atom is -0.494 e. The van der Waals surface area contributed by atoms with E-state index in [2.05, 4.69) is 5.32 Å². The van der Waals surface area contributed by atoms with E-state index in [-0.39, 0.29) is 19.1 Å². The van der Waals surface area contributed by atoms with Crippen molar-refractivity contribution in [3.63, 3.8) is 0 Å². The van der Waals surface area contributed by atoms with Crippen molar-refractivity contribution in [2.45, 2.75) is 20.8 Å². The summed E-state index contributed by atoms with van der Waals surface area (Å²) in [5.41, 5.74) is 2.67. The molecule has 7 heteroatoms. The molecule has 1 amide bonds. The van der Waals surface area contributed by atoms with Crippen LogP contribution >= 0.6 is 7.60 Å². The van der Waals surface area contributed by atoms with Gasteiger partial charge in [0.1, 0.15) is 5.75 Å². The average Bonchev–Trinajstić information content (AvgIpc) is 2.97. The fourth-order valence-corrected chi connectivity index (χ4v) is 4.64. The summed E-state index contributed by atoms with van der Waals surface area (Å²) in [5, 5.41) is 3.27. The molecule has 0 bridgehead atoms. The SMILES string of the molecule is CCOc1cccc(/C=C2\C(=O)Nc3ccc(P(=O)(OCC)OCC)cc32)c1. The summed E-state index contributed by atoms with van der Waals surface area (Å²) in [6, 6.07) is 12.6. The van der Waals surface area contributed by atoms with Crippen LogP contribution in [0.25, 0.3) is 11.6 Å². The summed E-state index contributed by atoms with van der Waals surface area (Å²) in [4.78, 5) is 12.5. The average molecular weight is 401 g/mol. The first-order valence-corrected chi connectivity index (χ1v) is 10.8. The number of carbonyl (C=O) groups excluding carboxylic acids is 1. The molecule has 0 radical (unpaired) electrons. The summed E-state index contributed by atoms with van der Waals surface area (Å²) in [6.45, 7) is 6.54. The van der Waals surface area contributed by atoms with Crippen LogP contribution in [-0.2, 0) is 18.4 Å². The van der Waals surface area contributed by atoms with E-state index in [1.54, 1.807) is 38.1 Å². The normalized spacial score (nSPS) is 14.8. The minimum atomic E-state index is -3.44. The van der Waals surface area contributed by atoms with Gasteiger partial charge in [-0.25, -0.2) is 0 Å². The summed E-state index contributed by atoms with van der Waals surface area (Å²) in [7, 11) is -3.44. The molecule has 1 heterocycles. The molecule has 0 spiro atoms. The van der Waals surface area contributed by atoms with Crippen LogP contribution in [0.2, 0.25) is 0 Å². The van der Waals surface area contributed by atoms with Crippen molar-refractivity contribution < 1.29 is 23.1 Å². The van der Waals surface area contributed by atoms with Crippen LogP contribution in [0.15, 0.2) is 42.5 Å². The third-order valence-electron chi connectivity index (χ3n) is 4.18. The molecular weight excluding hydrogens is 377 g/mol. The highest BCUT2D eigenvalue weighted by Crippen LogP contribution is 2.48. The van der Waals surface area contributed by atoms with Crippen LogP contribution in [0.5, 0.6) is 5.75 Å². The Kier molecular flexibility index (Phi) is 6.35. The smallest absolute Gasteiger partial charge is 0.361 e. The molecule has 0 atom stereocenters. The zero-order valence-corrected chi connectivity index (χ0v) is 17.1. The van der Waals surface area contributed by atoms with Gasteiger partial charge in [0.15, 0.2) is 0 Å². The van der Waals surface area contributed by atoms with Gasteiger partial charge in [-0.3, -0.25) is 9.36 Å². The van der Waals surface area contributed by atoms with Crippen molar-refractivity contribution in [1.29, 1.82) is 0 Å². The largest absolute Gasteiger partial charge is 0.494 e. The maximum absolute atomic E-state index is 13.1. The van der Waals surface area contributed by atoms with E-state index in [0.717, 1.165) is 11.3 Å². The first kappa shape index (κ1) is 20.3. The Hall–Kier alpha value is -2.40. The lowest BCUT2D eigenvalue weighted by Crippen LogP contribution is -2.11. The second kappa shape index (κ2) is 8.74. The topological polar surface area (TPSA) is 73.9 Å². The second-order valence-corrected chi connectivity index (χ2v) is 8.11. The number of nitrogens with one attached hydrogen (secondary N) is 1. The maximum Gasteiger partial charge on any atom is 0.361 e. The van der Waals surface area contributed by atoms with E-state index < -0.39 is 7.60 Å². The number of carbonyl (C=O) groups is 1. The Labute approximate surface area is 165 Å². The van der Waals surface area contributed by atoms with Gasteiger partial charge in [0, 0.05) is 16.8 Å². The van der Waals surface area contributed by atoms with E-state index in [4.69, 9.17) is 13.8 Å². The lowest BCUT2D eigenvalue weighted by atomic mass is 10.0. The van der Waals surface area contributed by atoms with Crippen molar-refractivity contribution in [2.75, 3.05) is 25.1 Å². The Bertz CT molecular complexity index is 944. The van der Waals surface area contributed by atoms with E-state index in [1.807, 2.05) is 31.2 Å². The van der Waals surface area contributed by atoms with E-state index in [1.165, 1.54) is 0 Å². The Balaban J connectivity index is 2.03. The van der Waals surface area contributed by atoms with Crippen molar-refractivity contribution in [3.8, 4) is 5.75 Å². The van der Waals surface area contributed by atoms with Crippen molar-refractivity contribution in [2.24, 2.45) is 0 Å². The highest BCUT2D eigenvalue weighted by atomic mass is 31.2. The summed E-state index contributed by atoms with van der Waals surface area (Å²) < 4.78 is 29.5. The molecule has 3 rings (SSSR count). The van der Waals surface area contributed by atoms with Crippen LogP contribution in [0.3, 0.4) is 0 Å². The van der Waals surface area contributed by atoms with Crippen molar-refractivity contribution in [1.82, 2.24) is 0 Å². The molecule has 28 heavy (non-hydrogen) atoms. The number of hydrogen-bond acceptors (Lipinski definition) is 5. The standard InChI is InChI=1S/C21H24NO5P/c1-4-25-16-9-7-8-15(12-16)13-19-18-14-17(10-11-20(18)22-21(19)23)28(24,26-5-2)27-6-3/h7-14H,4-6H2,1-3H3,(H,22,23)/b19-13-. The van der Waals surface area contributed by atoms with Gasteiger partial charge in [-0.1, -0.05) is 12.1 Å². The maximum atomic E-state index is 13.1. The number of rotatable bonds is 8. The highest BCUT2D eigenvalue weighted by molar-refractivity contribution is 7.62. The molecule has 0 aromatic heterocycles. The fourth-order valence-electron chi connectivity index (χ4n) is 3.04. The van der Waals surface area contributed by atoms with Gasteiger partial charge in [-0.05, 0) is 62.7 Å². The lowest BCUT2D eigenvalue weighted by Gasteiger charge is -2.17. The predicted molar refractivity (Wildman–Crippen MR) is 111 cm³/mol. The quantitative estimate of drug-likeness (QED) is 0.522. The first-order valence-electron chi connectivity index (χ1n) is 9.30.